The first kappa shape index (κ1) is 9.21. The first-order valence-electron chi connectivity index (χ1n) is 4.00. The monoisotopic (exact) mass is 211 g/mol. The van der Waals surface area contributed by atoms with Crippen LogP contribution in [0.3, 0.4) is 0 Å². The van der Waals surface area contributed by atoms with Gasteiger partial charge in [-0.2, -0.15) is 0 Å². The molecule has 0 atom stereocenters. The van der Waals surface area contributed by atoms with Crippen LogP contribution < -0.4 is 4.74 Å². The number of rotatable bonds is 1. The number of hydrogen-bond acceptors (Lipinski definition) is 2. The number of pyridine rings is 1. The van der Waals surface area contributed by atoms with Gasteiger partial charge in [0.2, 0.25) is 5.88 Å². The molecule has 0 aliphatic carbocycles. The molecule has 0 unspecified atom stereocenters. The number of hydrogen-bond donors (Lipinski definition) is 0. The van der Waals surface area contributed by atoms with Crippen molar-refractivity contribution in [1.29, 1.82) is 0 Å². The van der Waals surface area contributed by atoms with E-state index < -0.39 is 5.82 Å². The fourth-order valence-corrected chi connectivity index (χ4v) is 1.47. The summed E-state index contributed by atoms with van der Waals surface area (Å²) in [7, 11) is 1.53. The van der Waals surface area contributed by atoms with Crippen LogP contribution in [0.4, 0.5) is 4.39 Å². The number of nitrogens with zero attached hydrogens (tertiary/aromatic N) is 1. The van der Waals surface area contributed by atoms with Crippen molar-refractivity contribution >= 4 is 22.4 Å². The SMILES string of the molecule is COc1cc2ccc(F)c(Cl)c2cn1. The van der Waals surface area contributed by atoms with Gasteiger partial charge in [-0.25, -0.2) is 9.37 Å². The number of aromatic nitrogens is 1. The summed E-state index contributed by atoms with van der Waals surface area (Å²) in [4.78, 5) is 3.95. The van der Waals surface area contributed by atoms with Crippen LogP contribution in [-0.4, -0.2) is 12.1 Å². The Labute approximate surface area is 85.3 Å². The molecule has 14 heavy (non-hydrogen) atoms. The molecule has 4 heteroatoms. The van der Waals surface area contributed by atoms with Crippen molar-refractivity contribution in [2.24, 2.45) is 0 Å². The van der Waals surface area contributed by atoms with Gasteiger partial charge in [0.1, 0.15) is 5.82 Å². The molecule has 0 N–H and O–H groups in total. The second-order valence-corrected chi connectivity index (χ2v) is 3.19. The maximum Gasteiger partial charge on any atom is 0.213 e. The summed E-state index contributed by atoms with van der Waals surface area (Å²) in [5, 5.41) is 1.49. The minimum atomic E-state index is -0.439. The summed E-state index contributed by atoms with van der Waals surface area (Å²) in [6.45, 7) is 0. The van der Waals surface area contributed by atoms with Gasteiger partial charge in [-0.3, -0.25) is 0 Å². The molecule has 1 aromatic carbocycles. The van der Waals surface area contributed by atoms with Gasteiger partial charge in [0.15, 0.2) is 0 Å². The van der Waals surface area contributed by atoms with E-state index in [1.807, 2.05) is 0 Å². The smallest absolute Gasteiger partial charge is 0.213 e. The Bertz CT molecular complexity index is 487. The minimum Gasteiger partial charge on any atom is -0.481 e. The maximum atomic E-state index is 13.0. The summed E-state index contributed by atoms with van der Waals surface area (Å²) >= 11 is 5.77. The Kier molecular flexibility index (Phi) is 2.25. The molecular formula is C10H7ClFNO. The molecular weight excluding hydrogens is 205 g/mol. The fourth-order valence-electron chi connectivity index (χ4n) is 1.25. The normalized spacial score (nSPS) is 10.5. The fraction of sp³-hybridized carbons (Fsp3) is 0.100. The van der Waals surface area contributed by atoms with Crippen LogP contribution in [0.1, 0.15) is 0 Å². The zero-order valence-corrected chi connectivity index (χ0v) is 8.18. The lowest BCUT2D eigenvalue weighted by molar-refractivity contribution is 0.399. The first-order valence-corrected chi connectivity index (χ1v) is 4.38. The van der Waals surface area contributed by atoms with Gasteiger partial charge < -0.3 is 4.74 Å². The lowest BCUT2D eigenvalue weighted by Gasteiger charge is -2.03. The van der Waals surface area contributed by atoms with Crippen molar-refractivity contribution < 1.29 is 9.13 Å². The average Bonchev–Trinajstić information content (AvgIpc) is 2.23. The highest BCUT2D eigenvalue weighted by molar-refractivity contribution is 6.35. The third kappa shape index (κ3) is 1.40. The number of fused-ring (bicyclic) bond motifs is 1. The average molecular weight is 212 g/mol. The quantitative estimate of drug-likeness (QED) is 0.723. The van der Waals surface area contributed by atoms with Crippen molar-refractivity contribution in [2.75, 3.05) is 7.11 Å². The summed E-state index contributed by atoms with van der Waals surface area (Å²) in [5.74, 6) is 0.0475. The lowest BCUT2D eigenvalue weighted by atomic mass is 10.2. The third-order valence-corrected chi connectivity index (χ3v) is 2.36. The van der Waals surface area contributed by atoms with Gasteiger partial charge in [0.05, 0.1) is 12.1 Å². The minimum absolute atomic E-state index is 0.0950. The van der Waals surface area contributed by atoms with E-state index in [2.05, 4.69) is 4.98 Å². The zero-order valence-electron chi connectivity index (χ0n) is 7.42. The largest absolute Gasteiger partial charge is 0.481 e. The molecule has 0 radical (unpaired) electrons. The molecule has 0 fully saturated rings. The molecule has 2 nitrogen and oxygen atoms in total. The molecule has 0 aliphatic heterocycles. The molecule has 1 heterocycles. The molecule has 0 bridgehead atoms. The Balaban J connectivity index is 2.74. The standard InChI is InChI=1S/C10H7ClFNO/c1-14-9-4-6-2-3-8(12)10(11)7(6)5-13-9/h2-5H,1H3. The Morgan fingerprint density at radius 2 is 2.21 bits per heavy atom. The zero-order chi connectivity index (χ0) is 10.1. The van der Waals surface area contributed by atoms with Gasteiger partial charge >= 0.3 is 0 Å². The third-order valence-electron chi connectivity index (χ3n) is 1.98. The van der Waals surface area contributed by atoms with E-state index in [1.165, 1.54) is 19.4 Å². The number of methoxy groups -OCH3 is 1. The van der Waals surface area contributed by atoms with Gasteiger partial charge in [0, 0.05) is 17.6 Å². The van der Waals surface area contributed by atoms with Crippen LogP contribution in [-0.2, 0) is 0 Å². The van der Waals surface area contributed by atoms with E-state index in [9.17, 15) is 4.39 Å². The van der Waals surface area contributed by atoms with Crippen LogP contribution >= 0.6 is 11.6 Å². The second-order valence-electron chi connectivity index (χ2n) is 2.81. The summed E-state index contributed by atoms with van der Waals surface area (Å²) in [5.41, 5.74) is 0. The molecule has 0 saturated carbocycles. The number of ether oxygens (including phenoxy) is 1. The molecule has 0 amide bonds. The van der Waals surface area contributed by atoms with Crippen LogP contribution in [0.2, 0.25) is 5.02 Å². The molecule has 2 rings (SSSR count). The number of halogens is 2. The van der Waals surface area contributed by atoms with Crippen molar-refractivity contribution in [2.45, 2.75) is 0 Å². The Morgan fingerprint density at radius 3 is 2.93 bits per heavy atom. The van der Waals surface area contributed by atoms with E-state index in [0.717, 1.165) is 5.39 Å². The van der Waals surface area contributed by atoms with Gasteiger partial charge in [-0.15, -0.1) is 0 Å². The Morgan fingerprint density at radius 1 is 1.43 bits per heavy atom. The van der Waals surface area contributed by atoms with Crippen molar-refractivity contribution in [3.05, 3.63) is 35.2 Å². The van der Waals surface area contributed by atoms with Gasteiger partial charge in [0.25, 0.3) is 0 Å². The topological polar surface area (TPSA) is 22.1 Å². The predicted molar refractivity (Wildman–Crippen MR) is 53.3 cm³/mol. The molecule has 0 spiro atoms. The lowest BCUT2D eigenvalue weighted by Crippen LogP contribution is -1.88. The van der Waals surface area contributed by atoms with E-state index in [-0.39, 0.29) is 5.02 Å². The highest BCUT2D eigenvalue weighted by Crippen LogP contribution is 2.27. The highest BCUT2D eigenvalue weighted by atomic mass is 35.5. The summed E-state index contributed by atoms with van der Waals surface area (Å²) in [6.07, 6.45) is 1.50. The summed E-state index contributed by atoms with van der Waals surface area (Å²) < 4.78 is 18.0. The van der Waals surface area contributed by atoms with E-state index in [1.54, 1.807) is 12.1 Å². The summed E-state index contributed by atoms with van der Waals surface area (Å²) in [6, 6.07) is 4.67. The van der Waals surface area contributed by atoms with E-state index in [4.69, 9.17) is 16.3 Å². The van der Waals surface area contributed by atoms with Crippen LogP contribution in [0.25, 0.3) is 10.8 Å². The predicted octanol–water partition coefficient (Wildman–Crippen LogP) is 3.04. The molecule has 72 valence electrons. The van der Waals surface area contributed by atoms with E-state index in [0.29, 0.717) is 11.3 Å². The highest BCUT2D eigenvalue weighted by Gasteiger charge is 2.06. The Hall–Kier alpha value is -1.35. The van der Waals surface area contributed by atoms with E-state index >= 15 is 0 Å². The van der Waals surface area contributed by atoms with Crippen LogP contribution in [0.5, 0.6) is 5.88 Å². The maximum absolute atomic E-state index is 13.0. The number of benzene rings is 1. The van der Waals surface area contributed by atoms with Crippen molar-refractivity contribution in [3.8, 4) is 5.88 Å². The van der Waals surface area contributed by atoms with Crippen molar-refractivity contribution in [3.63, 3.8) is 0 Å². The van der Waals surface area contributed by atoms with Crippen LogP contribution in [0.15, 0.2) is 24.4 Å². The molecule has 1 aromatic heterocycles. The molecule has 0 saturated heterocycles. The first-order chi connectivity index (χ1) is 6.72. The molecule has 2 aromatic rings. The van der Waals surface area contributed by atoms with Gasteiger partial charge in [-0.05, 0) is 11.5 Å². The second kappa shape index (κ2) is 3.42. The van der Waals surface area contributed by atoms with Gasteiger partial charge in [-0.1, -0.05) is 17.7 Å². The van der Waals surface area contributed by atoms with Crippen molar-refractivity contribution in [1.82, 2.24) is 4.98 Å². The van der Waals surface area contributed by atoms with Crippen LogP contribution in [0, 0.1) is 5.82 Å². The molecule has 0 aliphatic rings.